The number of methoxy groups -OCH3 is 1. The number of carbonyl (C=O) groups excluding carboxylic acids is 1. The topological polar surface area (TPSA) is 84.5 Å². The summed E-state index contributed by atoms with van der Waals surface area (Å²) in [6, 6.07) is 1.43. The monoisotopic (exact) mass is 318 g/mol. The molecule has 0 bridgehead atoms. The molecule has 0 saturated carbocycles. The number of sulfonamides is 1. The molecule has 8 heteroatoms. The van der Waals surface area contributed by atoms with Gasteiger partial charge in [0.2, 0.25) is 10.0 Å². The summed E-state index contributed by atoms with van der Waals surface area (Å²) in [4.78, 5) is 11.7. The van der Waals surface area contributed by atoms with Gasteiger partial charge in [-0.25, -0.2) is 17.9 Å². The minimum absolute atomic E-state index is 0.00546. The second-order valence-electron chi connectivity index (χ2n) is 5.02. The molecule has 0 radical (unpaired) electrons. The Balaban J connectivity index is 2.27. The van der Waals surface area contributed by atoms with E-state index in [9.17, 15) is 13.2 Å². The lowest BCUT2D eigenvalue weighted by molar-refractivity contribution is 0.0602. The molecule has 20 heavy (non-hydrogen) atoms. The maximum Gasteiger partial charge on any atom is 0.349 e. The fourth-order valence-corrected chi connectivity index (χ4v) is 5.01. The van der Waals surface area contributed by atoms with Gasteiger partial charge < -0.3 is 10.1 Å². The first-order chi connectivity index (χ1) is 9.38. The predicted molar refractivity (Wildman–Crippen MR) is 76.5 cm³/mol. The summed E-state index contributed by atoms with van der Waals surface area (Å²) in [6.45, 7) is 3.43. The van der Waals surface area contributed by atoms with Gasteiger partial charge in [-0.1, -0.05) is 0 Å². The highest BCUT2D eigenvalue weighted by molar-refractivity contribution is 7.89. The van der Waals surface area contributed by atoms with Crippen LogP contribution in [0.5, 0.6) is 0 Å². The van der Waals surface area contributed by atoms with Crippen LogP contribution in [-0.4, -0.2) is 40.1 Å². The van der Waals surface area contributed by atoms with Gasteiger partial charge in [0.15, 0.2) is 0 Å². The van der Waals surface area contributed by atoms with E-state index in [-0.39, 0.29) is 9.77 Å². The third-order valence-electron chi connectivity index (χ3n) is 3.38. The van der Waals surface area contributed by atoms with Crippen molar-refractivity contribution in [2.24, 2.45) is 0 Å². The number of carbonyl (C=O) groups is 1. The fraction of sp³-hybridized carbons (Fsp3) is 0.583. The molecule has 1 aromatic heterocycles. The van der Waals surface area contributed by atoms with Crippen molar-refractivity contribution in [1.82, 2.24) is 10.0 Å². The van der Waals surface area contributed by atoms with Crippen LogP contribution in [0.25, 0.3) is 0 Å². The molecule has 0 aliphatic carbocycles. The lowest BCUT2D eigenvalue weighted by atomic mass is 9.92. The Morgan fingerprint density at radius 1 is 1.45 bits per heavy atom. The van der Waals surface area contributed by atoms with E-state index in [1.165, 1.54) is 13.2 Å². The van der Waals surface area contributed by atoms with E-state index in [4.69, 9.17) is 0 Å². The average molecular weight is 318 g/mol. The van der Waals surface area contributed by atoms with E-state index in [1.54, 1.807) is 5.38 Å². The molecule has 0 spiro atoms. The minimum atomic E-state index is -3.73. The largest absolute Gasteiger partial charge is 0.465 e. The molecule has 0 atom stereocenters. The van der Waals surface area contributed by atoms with Gasteiger partial charge >= 0.3 is 5.97 Å². The van der Waals surface area contributed by atoms with Crippen LogP contribution in [-0.2, 0) is 14.8 Å². The number of thiophene rings is 1. The van der Waals surface area contributed by atoms with Crippen molar-refractivity contribution in [3.05, 3.63) is 16.3 Å². The number of hydrogen-bond donors (Lipinski definition) is 2. The van der Waals surface area contributed by atoms with Gasteiger partial charge in [-0.2, -0.15) is 0 Å². The van der Waals surface area contributed by atoms with E-state index in [0.29, 0.717) is 12.8 Å². The van der Waals surface area contributed by atoms with Crippen LogP contribution in [0.3, 0.4) is 0 Å². The molecule has 6 nitrogen and oxygen atoms in total. The predicted octanol–water partition coefficient (Wildman–Crippen LogP) is 0.955. The van der Waals surface area contributed by atoms with E-state index >= 15 is 0 Å². The van der Waals surface area contributed by atoms with Gasteiger partial charge in [0, 0.05) is 5.54 Å². The van der Waals surface area contributed by atoms with Gasteiger partial charge in [0.05, 0.1) is 7.11 Å². The van der Waals surface area contributed by atoms with Crippen molar-refractivity contribution < 1.29 is 17.9 Å². The van der Waals surface area contributed by atoms with Crippen LogP contribution in [0.1, 0.15) is 29.4 Å². The first kappa shape index (κ1) is 15.4. The van der Waals surface area contributed by atoms with Crippen molar-refractivity contribution in [3.8, 4) is 0 Å². The van der Waals surface area contributed by atoms with Crippen molar-refractivity contribution >= 4 is 27.3 Å². The SMILES string of the molecule is COC(=O)c1sccc1S(=O)(=O)NC1(C)CCNCC1. The number of rotatable bonds is 4. The average Bonchev–Trinajstić information content (AvgIpc) is 2.87. The van der Waals surface area contributed by atoms with E-state index in [2.05, 4.69) is 14.8 Å². The fourth-order valence-electron chi connectivity index (χ4n) is 2.21. The van der Waals surface area contributed by atoms with Gasteiger partial charge in [0.25, 0.3) is 0 Å². The van der Waals surface area contributed by atoms with Crippen LogP contribution in [0.15, 0.2) is 16.3 Å². The molecule has 0 aromatic carbocycles. The zero-order valence-corrected chi connectivity index (χ0v) is 13.1. The molecule has 0 unspecified atom stereocenters. The number of piperidine rings is 1. The lowest BCUT2D eigenvalue weighted by Crippen LogP contribution is -2.52. The molecule has 112 valence electrons. The number of esters is 1. The van der Waals surface area contributed by atoms with Crippen molar-refractivity contribution in [1.29, 1.82) is 0 Å². The third kappa shape index (κ3) is 3.20. The molecular weight excluding hydrogens is 300 g/mol. The standard InChI is InChI=1S/C12H18N2O4S2/c1-12(4-6-13-7-5-12)14-20(16,17)9-3-8-19-10(9)11(15)18-2/h3,8,13-14H,4-7H2,1-2H3. The number of nitrogens with one attached hydrogen (secondary N) is 2. The Morgan fingerprint density at radius 3 is 2.70 bits per heavy atom. The van der Waals surface area contributed by atoms with Crippen LogP contribution >= 0.6 is 11.3 Å². The highest BCUT2D eigenvalue weighted by Crippen LogP contribution is 2.26. The zero-order valence-electron chi connectivity index (χ0n) is 11.4. The lowest BCUT2D eigenvalue weighted by Gasteiger charge is -2.34. The van der Waals surface area contributed by atoms with Crippen LogP contribution in [0.4, 0.5) is 0 Å². The van der Waals surface area contributed by atoms with Crippen LogP contribution in [0, 0.1) is 0 Å². The van der Waals surface area contributed by atoms with Crippen LogP contribution < -0.4 is 10.0 Å². The number of ether oxygens (including phenoxy) is 1. The Bertz CT molecular complexity index is 588. The summed E-state index contributed by atoms with van der Waals surface area (Å²) in [7, 11) is -2.49. The molecule has 1 fully saturated rings. The van der Waals surface area contributed by atoms with Crippen molar-refractivity contribution in [3.63, 3.8) is 0 Å². The molecule has 1 aromatic rings. The molecule has 2 N–H and O–H groups in total. The maximum atomic E-state index is 12.5. The van der Waals surface area contributed by atoms with Gasteiger partial charge in [-0.15, -0.1) is 11.3 Å². The normalized spacial score (nSPS) is 18.7. The Hall–Kier alpha value is -0.960. The summed E-state index contributed by atoms with van der Waals surface area (Å²) >= 11 is 1.06. The quantitative estimate of drug-likeness (QED) is 0.808. The third-order valence-corrected chi connectivity index (χ3v) is 6.08. The summed E-state index contributed by atoms with van der Waals surface area (Å²) in [5, 5.41) is 4.77. The first-order valence-corrected chi connectivity index (χ1v) is 8.65. The van der Waals surface area contributed by atoms with Crippen LogP contribution in [0.2, 0.25) is 0 Å². The summed E-state index contributed by atoms with van der Waals surface area (Å²) in [5.74, 6) is -0.629. The molecule has 1 saturated heterocycles. The Morgan fingerprint density at radius 2 is 2.10 bits per heavy atom. The summed E-state index contributed by atoms with van der Waals surface area (Å²) in [6.07, 6.45) is 1.42. The smallest absolute Gasteiger partial charge is 0.349 e. The number of hydrogen-bond acceptors (Lipinski definition) is 6. The van der Waals surface area contributed by atoms with Gasteiger partial charge in [0.1, 0.15) is 9.77 Å². The zero-order chi connectivity index (χ0) is 14.8. The molecule has 2 rings (SSSR count). The molecule has 1 aliphatic heterocycles. The molecular formula is C12H18N2O4S2. The Kier molecular flexibility index (Phi) is 4.48. The highest BCUT2D eigenvalue weighted by atomic mass is 32.2. The second kappa shape index (κ2) is 5.80. The van der Waals surface area contributed by atoms with E-state index < -0.39 is 21.5 Å². The summed E-state index contributed by atoms with van der Waals surface area (Å²) < 4.78 is 32.3. The second-order valence-corrected chi connectivity index (χ2v) is 7.59. The first-order valence-electron chi connectivity index (χ1n) is 6.28. The van der Waals surface area contributed by atoms with Gasteiger partial charge in [-0.05, 0) is 44.3 Å². The molecule has 0 amide bonds. The van der Waals surface area contributed by atoms with E-state index in [0.717, 1.165) is 24.4 Å². The van der Waals surface area contributed by atoms with E-state index in [1.807, 2.05) is 6.92 Å². The Labute approximate surface area is 122 Å². The summed E-state index contributed by atoms with van der Waals surface area (Å²) in [5.41, 5.74) is -0.487. The molecule has 2 heterocycles. The van der Waals surface area contributed by atoms with Crippen molar-refractivity contribution in [2.75, 3.05) is 20.2 Å². The highest BCUT2D eigenvalue weighted by Gasteiger charge is 2.34. The maximum absolute atomic E-state index is 12.5. The minimum Gasteiger partial charge on any atom is -0.465 e. The van der Waals surface area contributed by atoms with Gasteiger partial charge in [-0.3, -0.25) is 0 Å². The molecule has 1 aliphatic rings. The van der Waals surface area contributed by atoms with Crippen molar-refractivity contribution in [2.45, 2.75) is 30.2 Å².